The number of hydrogen-bond acceptors (Lipinski definition) is 3. The summed E-state index contributed by atoms with van der Waals surface area (Å²) in [5, 5.41) is 2.99. The van der Waals surface area contributed by atoms with Gasteiger partial charge in [0.15, 0.2) is 0 Å². The van der Waals surface area contributed by atoms with Crippen molar-refractivity contribution < 1.29 is 9.53 Å². The fourth-order valence-electron chi connectivity index (χ4n) is 2.43. The molecule has 0 aromatic rings. The quantitative estimate of drug-likeness (QED) is 0.775. The molecule has 1 saturated carbocycles. The maximum atomic E-state index is 11.9. The molecular weight excluding hydrogens is 248 g/mol. The van der Waals surface area contributed by atoms with Gasteiger partial charge in [-0.1, -0.05) is 31.5 Å². The number of nitrogens with two attached hydrogens (primary N) is 1. The number of hydrogen-bond donors (Lipinski definition) is 2. The fraction of sp³-hybridized carbons (Fsp3) is 0.846. The Kier molecular flexibility index (Phi) is 4.96. The molecule has 0 saturated heterocycles. The Morgan fingerprint density at radius 3 is 2.33 bits per heavy atom. The molecule has 0 aromatic heterocycles. The van der Waals surface area contributed by atoms with Crippen LogP contribution in [-0.4, -0.2) is 22.2 Å². The lowest BCUT2D eigenvalue weighted by Crippen LogP contribution is -2.52. The van der Waals surface area contributed by atoms with Crippen LogP contribution in [0.4, 0.5) is 4.79 Å². The van der Waals surface area contributed by atoms with Gasteiger partial charge in [-0.3, -0.25) is 0 Å². The van der Waals surface area contributed by atoms with Gasteiger partial charge in [0.25, 0.3) is 0 Å². The van der Waals surface area contributed by atoms with Crippen molar-refractivity contribution in [2.45, 2.75) is 70.4 Å². The molecule has 18 heavy (non-hydrogen) atoms. The summed E-state index contributed by atoms with van der Waals surface area (Å²) in [4.78, 5) is 12.3. The zero-order valence-corrected chi connectivity index (χ0v) is 12.4. The number of nitrogens with one attached hydrogen (secondary N) is 1. The van der Waals surface area contributed by atoms with E-state index in [0.29, 0.717) is 11.4 Å². The predicted octanol–water partition coefficient (Wildman–Crippen LogP) is 2.89. The summed E-state index contributed by atoms with van der Waals surface area (Å²) in [5.41, 5.74) is 4.87. The standard InChI is InChI=1S/C13H24N2O2S/c1-12(2,3)17-11(16)15-13(9-10(14)18)7-5-4-6-8-13/h4-9H2,1-3H3,(H2,14,18)(H,15,16). The van der Waals surface area contributed by atoms with E-state index < -0.39 is 5.60 Å². The molecule has 0 spiro atoms. The van der Waals surface area contributed by atoms with Crippen LogP contribution >= 0.6 is 12.2 Å². The van der Waals surface area contributed by atoms with Crippen molar-refractivity contribution in [2.75, 3.05) is 0 Å². The molecule has 5 heteroatoms. The molecule has 1 fully saturated rings. The topological polar surface area (TPSA) is 64.3 Å². The Hall–Kier alpha value is -0.840. The second kappa shape index (κ2) is 5.87. The van der Waals surface area contributed by atoms with Gasteiger partial charge >= 0.3 is 6.09 Å². The average Bonchev–Trinajstić information content (AvgIpc) is 2.13. The molecule has 1 rings (SSSR count). The highest BCUT2D eigenvalue weighted by atomic mass is 32.1. The Morgan fingerprint density at radius 1 is 1.33 bits per heavy atom. The van der Waals surface area contributed by atoms with Crippen LogP contribution in [0, 0.1) is 0 Å². The Balaban J connectivity index is 2.66. The first-order valence-electron chi connectivity index (χ1n) is 6.52. The lowest BCUT2D eigenvalue weighted by atomic mass is 9.79. The molecule has 1 aliphatic carbocycles. The Bertz CT molecular complexity index is 317. The number of alkyl carbamates (subject to hydrolysis) is 1. The molecule has 0 radical (unpaired) electrons. The van der Waals surface area contributed by atoms with Crippen molar-refractivity contribution in [1.29, 1.82) is 0 Å². The highest BCUT2D eigenvalue weighted by Crippen LogP contribution is 2.31. The lowest BCUT2D eigenvalue weighted by Gasteiger charge is -2.38. The van der Waals surface area contributed by atoms with E-state index in [2.05, 4.69) is 5.32 Å². The van der Waals surface area contributed by atoms with Crippen LogP contribution in [-0.2, 0) is 4.74 Å². The maximum Gasteiger partial charge on any atom is 0.408 e. The molecule has 1 aliphatic rings. The third-order valence-electron chi connectivity index (χ3n) is 3.09. The largest absolute Gasteiger partial charge is 0.444 e. The van der Waals surface area contributed by atoms with Gasteiger partial charge in [0.1, 0.15) is 5.60 Å². The van der Waals surface area contributed by atoms with Crippen molar-refractivity contribution in [3.8, 4) is 0 Å². The van der Waals surface area contributed by atoms with E-state index in [1.807, 2.05) is 20.8 Å². The molecule has 0 atom stereocenters. The summed E-state index contributed by atoms with van der Waals surface area (Å²) in [6.07, 6.45) is 5.42. The molecular formula is C13H24N2O2S. The summed E-state index contributed by atoms with van der Waals surface area (Å²) >= 11 is 5.00. The Morgan fingerprint density at radius 2 is 1.89 bits per heavy atom. The van der Waals surface area contributed by atoms with Crippen LogP contribution in [0.3, 0.4) is 0 Å². The normalized spacial score (nSPS) is 19.1. The van der Waals surface area contributed by atoms with Crippen LogP contribution in [0.15, 0.2) is 0 Å². The van der Waals surface area contributed by atoms with Gasteiger partial charge in [-0.15, -0.1) is 0 Å². The van der Waals surface area contributed by atoms with Gasteiger partial charge in [0, 0.05) is 12.0 Å². The molecule has 4 nitrogen and oxygen atoms in total. The zero-order chi connectivity index (χ0) is 13.8. The first-order valence-corrected chi connectivity index (χ1v) is 6.93. The SMILES string of the molecule is CC(C)(C)OC(=O)NC1(CC(N)=S)CCCCC1. The molecule has 0 aromatic carbocycles. The molecule has 0 heterocycles. The minimum Gasteiger partial charge on any atom is -0.444 e. The summed E-state index contributed by atoms with van der Waals surface area (Å²) in [6.45, 7) is 5.56. The van der Waals surface area contributed by atoms with Crippen LogP contribution in [0.1, 0.15) is 59.3 Å². The van der Waals surface area contributed by atoms with Gasteiger partial charge in [0.05, 0.1) is 4.99 Å². The number of carbonyl (C=O) groups is 1. The molecule has 1 amide bonds. The van der Waals surface area contributed by atoms with E-state index >= 15 is 0 Å². The van der Waals surface area contributed by atoms with Crippen LogP contribution in [0.25, 0.3) is 0 Å². The van der Waals surface area contributed by atoms with Gasteiger partial charge in [-0.25, -0.2) is 4.79 Å². The first-order chi connectivity index (χ1) is 8.22. The minimum absolute atomic E-state index is 0.299. The lowest BCUT2D eigenvalue weighted by molar-refractivity contribution is 0.0430. The van der Waals surface area contributed by atoms with E-state index in [0.717, 1.165) is 25.7 Å². The molecule has 0 bridgehead atoms. The summed E-state index contributed by atoms with van der Waals surface area (Å²) in [5.74, 6) is 0. The predicted molar refractivity (Wildman–Crippen MR) is 76.6 cm³/mol. The number of amides is 1. The average molecular weight is 272 g/mol. The number of carbonyl (C=O) groups excluding carboxylic acids is 1. The van der Waals surface area contributed by atoms with Gasteiger partial charge in [-0.2, -0.15) is 0 Å². The molecule has 0 aliphatic heterocycles. The fourth-order valence-corrected chi connectivity index (χ4v) is 2.70. The smallest absolute Gasteiger partial charge is 0.408 e. The monoisotopic (exact) mass is 272 g/mol. The van der Waals surface area contributed by atoms with Gasteiger partial charge in [0.2, 0.25) is 0 Å². The van der Waals surface area contributed by atoms with Gasteiger partial charge in [-0.05, 0) is 33.6 Å². The second-order valence-corrected chi connectivity index (χ2v) is 6.64. The first kappa shape index (κ1) is 15.2. The van der Waals surface area contributed by atoms with E-state index in [1.165, 1.54) is 6.42 Å². The number of ether oxygens (including phenoxy) is 1. The number of rotatable bonds is 3. The molecule has 3 N–H and O–H groups in total. The van der Waals surface area contributed by atoms with Crippen molar-refractivity contribution >= 4 is 23.3 Å². The van der Waals surface area contributed by atoms with E-state index in [-0.39, 0.29) is 11.6 Å². The molecule has 0 unspecified atom stereocenters. The molecule has 104 valence electrons. The maximum absolute atomic E-state index is 11.9. The summed E-state index contributed by atoms with van der Waals surface area (Å²) in [7, 11) is 0. The third kappa shape index (κ3) is 5.21. The second-order valence-electron chi connectivity index (χ2n) is 6.11. The highest BCUT2D eigenvalue weighted by Gasteiger charge is 2.35. The van der Waals surface area contributed by atoms with E-state index in [1.54, 1.807) is 0 Å². The van der Waals surface area contributed by atoms with Crippen LogP contribution in [0.2, 0.25) is 0 Å². The van der Waals surface area contributed by atoms with Crippen molar-refractivity contribution in [3.05, 3.63) is 0 Å². The summed E-state index contributed by atoms with van der Waals surface area (Å²) in [6, 6.07) is 0. The third-order valence-corrected chi connectivity index (χ3v) is 3.23. The van der Waals surface area contributed by atoms with E-state index in [4.69, 9.17) is 22.7 Å². The van der Waals surface area contributed by atoms with Crippen molar-refractivity contribution in [1.82, 2.24) is 5.32 Å². The minimum atomic E-state index is -0.483. The van der Waals surface area contributed by atoms with Gasteiger partial charge < -0.3 is 15.8 Å². The van der Waals surface area contributed by atoms with Crippen molar-refractivity contribution in [3.63, 3.8) is 0 Å². The van der Waals surface area contributed by atoms with Crippen LogP contribution in [0.5, 0.6) is 0 Å². The zero-order valence-electron chi connectivity index (χ0n) is 11.5. The van der Waals surface area contributed by atoms with Crippen LogP contribution < -0.4 is 11.1 Å². The summed E-state index contributed by atoms with van der Waals surface area (Å²) < 4.78 is 5.31. The van der Waals surface area contributed by atoms with Crippen molar-refractivity contribution in [2.24, 2.45) is 5.73 Å². The highest BCUT2D eigenvalue weighted by molar-refractivity contribution is 7.80. The Labute approximate surface area is 115 Å². The number of thiocarbonyl (C=S) groups is 1. The van der Waals surface area contributed by atoms with E-state index in [9.17, 15) is 4.79 Å².